The summed E-state index contributed by atoms with van der Waals surface area (Å²) in [6.07, 6.45) is 4.36. The molecule has 5 heteroatoms. The van der Waals surface area contributed by atoms with Gasteiger partial charge in [0.05, 0.1) is 19.9 Å². The van der Waals surface area contributed by atoms with E-state index in [2.05, 4.69) is 12.2 Å². The molecule has 0 bridgehead atoms. The Bertz CT molecular complexity index is 490. The highest BCUT2D eigenvalue weighted by Gasteiger charge is 2.25. The third-order valence-electron chi connectivity index (χ3n) is 4.01. The lowest BCUT2D eigenvalue weighted by Gasteiger charge is -2.35. The van der Waals surface area contributed by atoms with Crippen molar-refractivity contribution in [1.29, 1.82) is 0 Å². The number of amides is 2. The molecule has 21 heavy (non-hydrogen) atoms. The molecule has 1 aromatic carbocycles. The summed E-state index contributed by atoms with van der Waals surface area (Å²) in [5.74, 6) is 1.31. The highest BCUT2D eigenvalue weighted by Crippen LogP contribution is 2.30. The van der Waals surface area contributed by atoms with Gasteiger partial charge in [0.1, 0.15) is 11.5 Å². The van der Waals surface area contributed by atoms with Crippen LogP contribution in [0.4, 0.5) is 10.5 Å². The molecule has 1 N–H and O–H groups in total. The molecular formula is C16H24N2O3. The summed E-state index contributed by atoms with van der Waals surface area (Å²) in [6, 6.07) is 5.67. The average Bonchev–Trinajstić information content (AvgIpc) is 2.55. The summed E-state index contributed by atoms with van der Waals surface area (Å²) in [5, 5.41) is 2.95. The van der Waals surface area contributed by atoms with E-state index in [4.69, 9.17) is 9.47 Å². The van der Waals surface area contributed by atoms with Crippen LogP contribution < -0.4 is 14.8 Å². The van der Waals surface area contributed by atoms with Gasteiger partial charge in [-0.05, 0) is 37.8 Å². The van der Waals surface area contributed by atoms with Gasteiger partial charge in [-0.1, -0.05) is 6.92 Å². The van der Waals surface area contributed by atoms with Crippen LogP contribution >= 0.6 is 0 Å². The van der Waals surface area contributed by atoms with Crippen molar-refractivity contribution < 1.29 is 14.3 Å². The van der Waals surface area contributed by atoms with Gasteiger partial charge in [-0.25, -0.2) is 4.79 Å². The molecule has 5 nitrogen and oxygen atoms in total. The first kappa shape index (κ1) is 15.5. The topological polar surface area (TPSA) is 50.8 Å². The number of benzene rings is 1. The second-order valence-electron chi connectivity index (χ2n) is 5.25. The summed E-state index contributed by atoms with van der Waals surface area (Å²) >= 11 is 0. The first-order valence-electron chi connectivity index (χ1n) is 7.49. The van der Waals surface area contributed by atoms with E-state index >= 15 is 0 Å². The number of anilines is 1. The molecule has 1 aromatic rings. The van der Waals surface area contributed by atoms with Crippen LogP contribution in [0.2, 0.25) is 0 Å². The molecule has 0 saturated carbocycles. The van der Waals surface area contributed by atoms with Gasteiger partial charge in [-0.3, -0.25) is 0 Å². The van der Waals surface area contributed by atoms with Gasteiger partial charge in [0.2, 0.25) is 0 Å². The van der Waals surface area contributed by atoms with Gasteiger partial charge in [0.25, 0.3) is 0 Å². The molecule has 2 amide bonds. The number of carbonyl (C=O) groups is 1. The second kappa shape index (κ2) is 7.20. The van der Waals surface area contributed by atoms with E-state index in [9.17, 15) is 4.79 Å². The van der Waals surface area contributed by atoms with E-state index in [1.54, 1.807) is 26.4 Å². The van der Waals surface area contributed by atoms with Crippen molar-refractivity contribution >= 4 is 11.7 Å². The van der Waals surface area contributed by atoms with E-state index in [0.29, 0.717) is 23.2 Å². The highest BCUT2D eigenvalue weighted by molar-refractivity contribution is 5.91. The minimum atomic E-state index is -0.0509. The summed E-state index contributed by atoms with van der Waals surface area (Å²) in [4.78, 5) is 14.4. The second-order valence-corrected chi connectivity index (χ2v) is 5.25. The Morgan fingerprint density at radius 2 is 2.14 bits per heavy atom. The molecule has 1 atom stereocenters. The van der Waals surface area contributed by atoms with Crippen LogP contribution in [0.3, 0.4) is 0 Å². The maximum Gasteiger partial charge on any atom is 0.322 e. The fourth-order valence-electron chi connectivity index (χ4n) is 2.78. The summed E-state index contributed by atoms with van der Waals surface area (Å²) in [5.41, 5.74) is 0.670. The van der Waals surface area contributed by atoms with Crippen molar-refractivity contribution in [3.63, 3.8) is 0 Å². The van der Waals surface area contributed by atoms with Crippen molar-refractivity contribution in [1.82, 2.24) is 4.90 Å². The Hall–Kier alpha value is -1.91. The first-order chi connectivity index (χ1) is 10.2. The number of likely N-dealkylation sites (tertiary alicyclic amines) is 1. The molecule has 1 heterocycles. The standard InChI is InChI=1S/C16H24N2O3/c1-4-12-7-5-6-10-18(12)16(19)17-14-9-8-13(20-2)11-15(14)21-3/h8-9,11-12H,4-7,10H2,1-3H3,(H,17,19). The first-order valence-corrected chi connectivity index (χ1v) is 7.49. The van der Waals surface area contributed by atoms with Crippen LogP contribution in [0.1, 0.15) is 32.6 Å². The largest absolute Gasteiger partial charge is 0.497 e. The van der Waals surface area contributed by atoms with Gasteiger partial charge >= 0.3 is 6.03 Å². The number of methoxy groups -OCH3 is 2. The lowest BCUT2D eigenvalue weighted by atomic mass is 10.0. The predicted octanol–water partition coefficient (Wildman–Crippen LogP) is 3.50. The molecule has 1 fully saturated rings. The predicted molar refractivity (Wildman–Crippen MR) is 83.2 cm³/mol. The van der Waals surface area contributed by atoms with Crippen LogP contribution in [-0.4, -0.2) is 37.7 Å². The fourth-order valence-corrected chi connectivity index (χ4v) is 2.78. The minimum absolute atomic E-state index is 0.0509. The van der Waals surface area contributed by atoms with Crippen LogP contribution in [0.5, 0.6) is 11.5 Å². The monoisotopic (exact) mass is 292 g/mol. The number of nitrogens with one attached hydrogen (secondary N) is 1. The number of nitrogens with zero attached hydrogens (tertiary/aromatic N) is 1. The van der Waals surface area contributed by atoms with Crippen LogP contribution in [-0.2, 0) is 0 Å². The summed E-state index contributed by atoms with van der Waals surface area (Å²) in [7, 11) is 3.19. The Balaban J connectivity index is 2.11. The SMILES string of the molecule is CCC1CCCCN1C(=O)Nc1ccc(OC)cc1OC. The molecule has 1 unspecified atom stereocenters. The Morgan fingerprint density at radius 1 is 1.33 bits per heavy atom. The van der Waals surface area contributed by atoms with E-state index in [-0.39, 0.29) is 6.03 Å². The zero-order chi connectivity index (χ0) is 15.2. The Labute approximate surface area is 126 Å². The van der Waals surface area contributed by atoms with Crippen LogP contribution in [0.25, 0.3) is 0 Å². The lowest BCUT2D eigenvalue weighted by Crippen LogP contribution is -2.45. The highest BCUT2D eigenvalue weighted by atomic mass is 16.5. The van der Waals surface area contributed by atoms with Crippen molar-refractivity contribution in [3.8, 4) is 11.5 Å². The molecule has 116 valence electrons. The molecule has 2 rings (SSSR count). The van der Waals surface area contributed by atoms with E-state index in [1.165, 1.54) is 6.42 Å². The molecule has 0 spiro atoms. The Morgan fingerprint density at radius 3 is 2.81 bits per heavy atom. The smallest absolute Gasteiger partial charge is 0.322 e. The van der Waals surface area contributed by atoms with Crippen molar-refractivity contribution in [3.05, 3.63) is 18.2 Å². The van der Waals surface area contributed by atoms with Gasteiger partial charge < -0.3 is 19.7 Å². The van der Waals surface area contributed by atoms with Gasteiger partial charge in [0.15, 0.2) is 0 Å². The van der Waals surface area contributed by atoms with Crippen molar-refractivity contribution in [2.24, 2.45) is 0 Å². The van der Waals surface area contributed by atoms with Crippen molar-refractivity contribution in [2.75, 3.05) is 26.1 Å². The number of carbonyl (C=O) groups excluding carboxylic acids is 1. The van der Waals surface area contributed by atoms with Gasteiger partial charge in [-0.2, -0.15) is 0 Å². The zero-order valence-corrected chi connectivity index (χ0v) is 13.0. The third-order valence-corrected chi connectivity index (χ3v) is 4.01. The maximum absolute atomic E-state index is 12.5. The summed E-state index contributed by atoms with van der Waals surface area (Å²) < 4.78 is 10.5. The fraction of sp³-hybridized carbons (Fsp3) is 0.562. The van der Waals surface area contributed by atoms with Crippen molar-refractivity contribution in [2.45, 2.75) is 38.6 Å². The normalized spacial score (nSPS) is 18.2. The number of urea groups is 1. The van der Waals surface area contributed by atoms with Gasteiger partial charge in [-0.15, -0.1) is 0 Å². The lowest BCUT2D eigenvalue weighted by molar-refractivity contribution is 0.160. The third kappa shape index (κ3) is 3.60. The quantitative estimate of drug-likeness (QED) is 0.924. The Kier molecular flexibility index (Phi) is 5.31. The molecular weight excluding hydrogens is 268 g/mol. The number of ether oxygens (including phenoxy) is 2. The van der Waals surface area contributed by atoms with Crippen LogP contribution in [0, 0.1) is 0 Å². The number of rotatable bonds is 4. The molecule has 0 radical (unpaired) electrons. The van der Waals surface area contributed by atoms with Gasteiger partial charge in [0, 0.05) is 18.7 Å². The average molecular weight is 292 g/mol. The molecule has 1 saturated heterocycles. The maximum atomic E-state index is 12.5. The van der Waals surface area contributed by atoms with E-state index in [1.807, 2.05) is 11.0 Å². The minimum Gasteiger partial charge on any atom is -0.497 e. The molecule has 0 aromatic heterocycles. The molecule has 1 aliphatic rings. The number of piperidine rings is 1. The summed E-state index contributed by atoms with van der Waals surface area (Å²) in [6.45, 7) is 2.95. The molecule has 0 aliphatic carbocycles. The number of hydrogen-bond acceptors (Lipinski definition) is 3. The number of hydrogen-bond donors (Lipinski definition) is 1. The molecule has 1 aliphatic heterocycles. The zero-order valence-electron chi connectivity index (χ0n) is 13.0. The van der Waals surface area contributed by atoms with Crippen LogP contribution in [0.15, 0.2) is 18.2 Å². The van der Waals surface area contributed by atoms with E-state index < -0.39 is 0 Å². The van der Waals surface area contributed by atoms with E-state index in [0.717, 1.165) is 25.8 Å².